The molecule has 0 saturated heterocycles. The average Bonchev–Trinajstić information content (AvgIpc) is 2.46. The highest BCUT2D eigenvalue weighted by Gasteiger charge is 2.18. The lowest BCUT2D eigenvalue weighted by atomic mass is 10.1. The van der Waals surface area contributed by atoms with Crippen LogP contribution in [0.5, 0.6) is 0 Å². The quantitative estimate of drug-likeness (QED) is 0.771. The van der Waals surface area contributed by atoms with Gasteiger partial charge in [0, 0.05) is 11.8 Å². The van der Waals surface area contributed by atoms with E-state index in [0.29, 0.717) is 23.8 Å². The number of hydrogen-bond acceptors (Lipinski definition) is 4. The van der Waals surface area contributed by atoms with Crippen molar-refractivity contribution in [3.8, 4) is 0 Å². The molecule has 0 aliphatic carbocycles. The van der Waals surface area contributed by atoms with Gasteiger partial charge in [-0.2, -0.15) is 11.8 Å². The third-order valence-corrected chi connectivity index (χ3v) is 5.81. The Bertz CT molecular complexity index is 529. The van der Waals surface area contributed by atoms with E-state index in [1.165, 1.54) is 0 Å². The predicted molar refractivity (Wildman–Crippen MR) is 84.5 cm³/mol. The van der Waals surface area contributed by atoms with Crippen LogP contribution in [-0.4, -0.2) is 31.6 Å². The van der Waals surface area contributed by atoms with Gasteiger partial charge in [-0.3, -0.25) is 0 Å². The topological polar surface area (TPSA) is 66.4 Å². The Kier molecular flexibility index (Phi) is 7.02. The van der Waals surface area contributed by atoms with Crippen LogP contribution in [0.15, 0.2) is 23.1 Å². The normalized spacial score (nSPS) is 13.4. The van der Waals surface area contributed by atoms with Gasteiger partial charge in [0.25, 0.3) is 0 Å². The zero-order valence-corrected chi connectivity index (χ0v) is 13.9. The molecule has 1 rings (SSSR count). The van der Waals surface area contributed by atoms with Crippen molar-refractivity contribution in [2.75, 3.05) is 12.8 Å². The lowest BCUT2D eigenvalue weighted by Gasteiger charge is -2.13. The first kappa shape index (κ1) is 17.5. The molecule has 1 aromatic rings. The molecule has 1 unspecified atom stereocenters. The van der Waals surface area contributed by atoms with Crippen LogP contribution in [0.25, 0.3) is 0 Å². The monoisotopic (exact) mass is 317 g/mol. The Morgan fingerprint density at radius 1 is 1.40 bits per heavy atom. The lowest BCUT2D eigenvalue weighted by Crippen LogP contribution is -2.27. The molecule has 0 aromatic heterocycles. The molecular formula is C14H23NO3S2. The second-order valence-electron chi connectivity index (χ2n) is 4.69. The summed E-state index contributed by atoms with van der Waals surface area (Å²) in [6.45, 7) is 4.26. The van der Waals surface area contributed by atoms with Crippen LogP contribution in [0.1, 0.15) is 31.4 Å². The Hall–Kier alpha value is -0.560. The minimum Gasteiger partial charge on any atom is -0.392 e. The summed E-state index contributed by atoms with van der Waals surface area (Å²) in [4.78, 5) is 0.281. The van der Waals surface area contributed by atoms with Crippen molar-refractivity contribution in [3.05, 3.63) is 29.3 Å². The van der Waals surface area contributed by atoms with Crippen LogP contribution in [-0.2, 0) is 23.1 Å². The summed E-state index contributed by atoms with van der Waals surface area (Å²) in [5.74, 6) is 0. The molecule has 0 bridgehead atoms. The van der Waals surface area contributed by atoms with E-state index in [9.17, 15) is 8.42 Å². The van der Waals surface area contributed by atoms with E-state index >= 15 is 0 Å². The Balaban J connectivity index is 2.90. The van der Waals surface area contributed by atoms with Crippen molar-refractivity contribution in [1.82, 2.24) is 4.72 Å². The number of rotatable bonds is 8. The minimum atomic E-state index is -3.51. The van der Waals surface area contributed by atoms with Gasteiger partial charge in [-0.05, 0) is 36.3 Å². The summed E-state index contributed by atoms with van der Waals surface area (Å²) >= 11 is 1.72. The maximum absolute atomic E-state index is 12.4. The summed E-state index contributed by atoms with van der Waals surface area (Å²) in [6.07, 6.45) is 3.45. The second-order valence-corrected chi connectivity index (χ2v) is 7.70. The average molecular weight is 317 g/mol. The standard InChI is InChI=1S/C14H23NO3S2/c1-4-13-6-5-12(10-16)9-14(13)20(17,18)15-8-7-11(2)19-3/h5-6,9,11,15-16H,4,7-8,10H2,1-3H3. The van der Waals surface area contributed by atoms with Crippen LogP contribution < -0.4 is 4.72 Å². The molecule has 2 N–H and O–H groups in total. The maximum Gasteiger partial charge on any atom is 0.240 e. The molecule has 0 amide bonds. The molecule has 4 nitrogen and oxygen atoms in total. The fraction of sp³-hybridized carbons (Fsp3) is 0.571. The number of aliphatic hydroxyl groups excluding tert-OH is 1. The highest BCUT2D eigenvalue weighted by atomic mass is 32.2. The number of hydrogen-bond donors (Lipinski definition) is 2. The molecule has 0 spiro atoms. The summed E-state index contributed by atoms with van der Waals surface area (Å²) in [5, 5.41) is 9.58. The zero-order chi connectivity index (χ0) is 15.2. The largest absolute Gasteiger partial charge is 0.392 e. The van der Waals surface area contributed by atoms with E-state index in [4.69, 9.17) is 5.11 Å². The molecular weight excluding hydrogens is 294 g/mol. The van der Waals surface area contributed by atoms with Crippen LogP contribution in [0.3, 0.4) is 0 Å². The van der Waals surface area contributed by atoms with Crippen molar-refractivity contribution in [2.24, 2.45) is 0 Å². The third-order valence-electron chi connectivity index (χ3n) is 3.23. The third kappa shape index (κ3) is 4.77. The van der Waals surface area contributed by atoms with Gasteiger partial charge in [0.15, 0.2) is 0 Å². The fourth-order valence-electron chi connectivity index (χ4n) is 1.83. The van der Waals surface area contributed by atoms with E-state index in [1.807, 2.05) is 13.2 Å². The Labute approximate surface area is 126 Å². The van der Waals surface area contributed by atoms with Gasteiger partial charge < -0.3 is 5.11 Å². The van der Waals surface area contributed by atoms with Crippen LogP contribution >= 0.6 is 11.8 Å². The Morgan fingerprint density at radius 3 is 2.65 bits per heavy atom. The van der Waals surface area contributed by atoms with Gasteiger partial charge in [-0.1, -0.05) is 26.0 Å². The number of aliphatic hydroxyl groups is 1. The first-order valence-corrected chi connectivity index (χ1v) is 9.46. The first-order valence-electron chi connectivity index (χ1n) is 6.69. The number of benzene rings is 1. The molecule has 20 heavy (non-hydrogen) atoms. The smallest absolute Gasteiger partial charge is 0.240 e. The first-order chi connectivity index (χ1) is 9.44. The molecule has 0 aliphatic heterocycles. The van der Waals surface area contributed by atoms with Crippen molar-refractivity contribution < 1.29 is 13.5 Å². The summed E-state index contributed by atoms with van der Waals surface area (Å²) in [6, 6.07) is 5.08. The van der Waals surface area contributed by atoms with Gasteiger partial charge in [-0.15, -0.1) is 0 Å². The molecule has 1 atom stereocenters. The zero-order valence-electron chi connectivity index (χ0n) is 12.2. The van der Waals surface area contributed by atoms with Crippen LogP contribution in [0, 0.1) is 0 Å². The molecule has 1 aromatic carbocycles. The van der Waals surface area contributed by atoms with Gasteiger partial charge in [0.1, 0.15) is 0 Å². The maximum atomic E-state index is 12.4. The summed E-state index contributed by atoms with van der Waals surface area (Å²) < 4.78 is 27.3. The second kappa shape index (κ2) is 8.02. The number of thioether (sulfide) groups is 1. The highest BCUT2D eigenvalue weighted by Crippen LogP contribution is 2.19. The number of aryl methyl sites for hydroxylation is 1. The van der Waals surface area contributed by atoms with Gasteiger partial charge in [0.2, 0.25) is 10.0 Å². The molecule has 0 saturated carbocycles. The molecule has 0 radical (unpaired) electrons. The molecule has 114 valence electrons. The minimum absolute atomic E-state index is 0.157. The SMILES string of the molecule is CCc1ccc(CO)cc1S(=O)(=O)NCCC(C)SC. The molecule has 0 heterocycles. The molecule has 0 aliphatic rings. The van der Waals surface area contributed by atoms with Crippen LogP contribution in [0.4, 0.5) is 0 Å². The van der Waals surface area contributed by atoms with Gasteiger partial charge in [-0.25, -0.2) is 13.1 Å². The fourth-order valence-corrected chi connectivity index (χ4v) is 3.59. The van der Waals surface area contributed by atoms with Gasteiger partial charge >= 0.3 is 0 Å². The predicted octanol–water partition coefficient (Wildman–Crippen LogP) is 2.16. The molecule has 0 fully saturated rings. The van der Waals surface area contributed by atoms with Gasteiger partial charge in [0.05, 0.1) is 11.5 Å². The van der Waals surface area contributed by atoms with Crippen molar-refractivity contribution in [3.63, 3.8) is 0 Å². The van der Waals surface area contributed by atoms with Crippen molar-refractivity contribution in [2.45, 2.75) is 43.4 Å². The highest BCUT2D eigenvalue weighted by molar-refractivity contribution is 7.99. The number of nitrogens with one attached hydrogen (secondary N) is 1. The summed E-state index contributed by atoms with van der Waals surface area (Å²) in [5.41, 5.74) is 1.38. The molecule has 6 heteroatoms. The Morgan fingerprint density at radius 2 is 2.10 bits per heavy atom. The van der Waals surface area contributed by atoms with E-state index in [0.717, 1.165) is 12.0 Å². The van der Waals surface area contributed by atoms with Crippen molar-refractivity contribution in [1.29, 1.82) is 0 Å². The van der Waals surface area contributed by atoms with Crippen molar-refractivity contribution >= 4 is 21.8 Å². The lowest BCUT2D eigenvalue weighted by molar-refractivity contribution is 0.281. The van der Waals surface area contributed by atoms with E-state index in [2.05, 4.69) is 11.6 Å². The number of sulfonamides is 1. The van der Waals surface area contributed by atoms with Crippen LogP contribution in [0.2, 0.25) is 0 Å². The van der Waals surface area contributed by atoms with E-state index in [-0.39, 0.29) is 11.5 Å². The summed E-state index contributed by atoms with van der Waals surface area (Å²) in [7, 11) is -3.51. The van der Waals surface area contributed by atoms with E-state index in [1.54, 1.807) is 30.0 Å². The van der Waals surface area contributed by atoms with E-state index < -0.39 is 10.0 Å².